The van der Waals surface area contributed by atoms with Crippen molar-refractivity contribution in [2.45, 2.75) is 37.5 Å². The number of fused-ring (bicyclic) bond motifs is 2. The zero-order valence-electron chi connectivity index (χ0n) is 16.4. The summed E-state index contributed by atoms with van der Waals surface area (Å²) in [6.45, 7) is 2.12. The van der Waals surface area contributed by atoms with Crippen molar-refractivity contribution in [3.8, 4) is 11.1 Å². The molecule has 6 nitrogen and oxygen atoms in total. The lowest BCUT2D eigenvalue weighted by Gasteiger charge is -2.28. The number of aromatic amines is 1. The van der Waals surface area contributed by atoms with Gasteiger partial charge >= 0.3 is 0 Å². The van der Waals surface area contributed by atoms with Gasteiger partial charge < -0.3 is 14.3 Å². The van der Waals surface area contributed by atoms with Crippen molar-refractivity contribution in [2.75, 3.05) is 20.1 Å². The van der Waals surface area contributed by atoms with Gasteiger partial charge in [0, 0.05) is 58.8 Å². The molecule has 29 heavy (non-hydrogen) atoms. The van der Waals surface area contributed by atoms with Crippen LogP contribution in [0.1, 0.15) is 49.0 Å². The minimum absolute atomic E-state index is 0.299. The molecule has 0 bridgehead atoms. The summed E-state index contributed by atoms with van der Waals surface area (Å²) in [5.74, 6) is 1.52. The number of likely N-dealkylation sites (tertiary alicyclic amines) is 1. The van der Waals surface area contributed by atoms with E-state index >= 15 is 0 Å². The summed E-state index contributed by atoms with van der Waals surface area (Å²) in [6.07, 6.45) is 12.1. The van der Waals surface area contributed by atoms with Crippen molar-refractivity contribution >= 4 is 16.7 Å². The van der Waals surface area contributed by atoms with Crippen molar-refractivity contribution in [3.63, 3.8) is 0 Å². The van der Waals surface area contributed by atoms with Crippen molar-refractivity contribution in [3.05, 3.63) is 48.2 Å². The van der Waals surface area contributed by atoms with Gasteiger partial charge in [0.25, 0.3) is 0 Å². The minimum Gasteiger partial charge on any atom is -0.345 e. The fourth-order valence-corrected chi connectivity index (χ4v) is 4.52. The first-order valence-electron chi connectivity index (χ1n) is 10.4. The second kappa shape index (κ2) is 6.35. The molecule has 4 aromatic heterocycles. The van der Waals surface area contributed by atoms with Gasteiger partial charge in [0.05, 0.1) is 0 Å². The van der Waals surface area contributed by atoms with Crippen molar-refractivity contribution in [1.29, 1.82) is 0 Å². The van der Waals surface area contributed by atoms with E-state index in [0.29, 0.717) is 17.5 Å². The molecule has 0 atom stereocenters. The molecule has 0 amide bonds. The summed E-state index contributed by atoms with van der Waals surface area (Å²) in [6, 6.07) is 1.57. The Hall–Kier alpha value is -2.80. The van der Waals surface area contributed by atoms with Crippen molar-refractivity contribution in [2.24, 2.45) is 0 Å². The van der Waals surface area contributed by atoms with E-state index < -0.39 is 0 Å². The molecule has 5 heterocycles. The number of halogens is 1. The third-order valence-corrected chi connectivity index (χ3v) is 6.43. The molecule has 0 aromatic carbocycles. The molecule has 0 radical (unpaired) electrons. The zero-order valence-corrected chi connectivity index (χ0v) is 16.4. The Balaban J connectivity index is 1.45. The Kier molecular flexibility index (Phi) is 3.74. The fraction of sp³-hybridized carbons (Fsp3) is 0.409. The van der Waals surface area contributed by atoms with E-state index in [-0.39, 0.29) is 5.82 Å². The number of nitrogens with one attached hydrogen (secondary N) is 1. The summed E-state index contributed by atoms with van der Waals surface area (Å²) in [5, 5.41) is 0.925. The monoisotopic (exact) mass is 390 g/mol. The summed E-state index contributed by atoms with van der Waals surface area (Å²) in [4.78, 5) is 19.2. The van der Waals surface area contributed by atoms with Gasteiger partial charge in [-0.25, -0.2) is 19.3 Å². The van der Waals surface area contributed by atoms with Crippen LogP contribution in [0.3, 0.4) is 0 Å². The van der Waals surface area contributed by atoms with Crippen LogP contribution in [0.5, 0.6) is 0 Å². The number of imidazole rings is 1. The van der Waals surface area contributed by atoms with Crippen LogP contribution in [0.2, 0.25) is 0 Å². The van der Waals surface area contributed by atoms with E-state index in [1.165, 1.54) is 12.8 Å². The van der Waals surface area contributed by atoms with Gasteiger partial charge in [-0.1, -0.05) is 0 Å². The molecule has 6 rings (SSSR count). The molecule has 7 heteroatoms. The Morgan fingerprint density at radius 2 is 1.90 bits per heavy atom. The van der Waals surface area contributed by atoms with Crippen molar-refractivity contribution < 1.29 is 4.39 Å². The number of hydrogen-bond donors (Lipinski definition) is 1. The molecule has 1 N–H and O–H groups in total. The number of pyridine rings is 1. The Labute approximate surface area is 167 Å². The third kappa shape index (κ3) is 2.83. The van der Waals surface area contributed by atoms with Crippen LogP contribution in [0.4, 0.5) is 4.39 Å². The molecule has 148 valence electrons. The van der Waals surface area contributed by atoms with Crippen LogP contribution in [-0.2, 0) is 0 Å². The predicted octanol–water partition coefficient (Wildman–Crippen LogP) is 4.10. The molecule has 1 aliphatic carbocycles. The summed E-state index contributed by atoms with van der Waals surface area (Å²) < 4.78 is 16.9. The highest BCUT2D eigenvalue weighted by Gasteiger charge is 2.27. The molecular formula is C22H23FN6. The molecule has 0 unspecified atom stereocenters. The van der Waals surface area contributed by atoms with Crippen LogP contribution in [0.15, 0.2) is 30.9 Å². The lowest BCUT2D eigenvalue weighted by Crippen LogP contribution is -2.29. The van der Waals surface area contributed by atoms with Crippen LogP contribution >= 0.6 is 0 Å². The highest BCUT2D eigenvalue weighted by molar-refractivity contribution is 5.93. The Morgan fingerprint density at radius 1 is 1.07 bits per heavy atom. The smallest absolute Gasteiger partial charge is 0.173 e. The lowest BCUT2D eigenvalue weighted by atomic mass is 9.94. The van der Waals surface area contributed by atoms with Gasteiger partial charge in [0.15, 0.2) is 11.5 Å². The van der Waals surface area contributed by atoms with Crippen LogP contribution in [0, 0.1) is 5.82 Å². The molecule has 2 aliphatic rings. The third-order valence-electron chi connectivity index (χ3n) is 6.43. The summed E-state index contributed by atoms with van der Waals surface area (Å²) in [5.41, 5.74) is 4.05. The SMILES string of the molecule is CN1CCC(c2cnc3c(F)cc(-c4c[nH]c5nc(C6CC6)ncc45)cn23)CC1. The number of hydrogen-bond acceptors (Lipinski definition) is 4. The minimum atomic E-state index is -0.299. The topological polar surface area (TPSA) is 62.1 Å². The average Bonchev–Trinajstić information content (AvgIpc) is 3.35. The largest absolute Gasteiger partial charge is 0.345 e. The van der Waals surface area contributed by atoms with E-state index in [1.807, 2.05) is 29.2 Å². The van der Waals surface area contributed by atoms with E-state index in [4.69, 9.17) is 0 Å². The molecule has 1 aliphatic heterocycles. The molecule has 2 fully saturated rings. The van der Waals surface area contributed by atoms with Gasteiger partial charge in [-0.3, -0.25) is 0 Å². The maximum Gasteiger partial charge on any atom is 0.173 e. The van der Waals surface area contributed by atoms with Crippen molar-refractivity contribution in [1.82, 2.24) is 29.2 Å². The average molecular weight is 390 g/mol. The standard InChI is InChI=1S/C22H23FN6/c1-28-6-4-13(5-7-28)19-11-26-22-18(23)8-15(12-29(19)22)16-9-25-21-17(16)10-24-20(27-21)14-2-3-14/h8-14H,2-7H2,1H3,(H,24,25,27). The zero-order chi connectivity index (χ0) is 19.5. The van der Waals surface area contributed by atoms with Gasteiger partial charge in [0.1, 0.15) is 11.5 Å². The first-order valence-corrected chi connectivity index (χ1v) is 10.4. The second-order valence-electron chi connectivity index (χ2n) is 8.50. The Morgan fingerprint density at radius 3 is 2.69 bits per heavy atom. The number of rotatable bonds is 3. The summed E-state index contributed by atoms with van der Waals surface area (Å²) >= 11 is 0. The van der Waals surface area contributed by atoms with Crippen LogP contribution < -0.4 is 0 Å². The predicted molar refractivity (Wildman–Crippen MR) is 109 cm³/mol. The van der Waals surface area contributed by atoms with E-state index in [2.05, 4.69) is 31.9 Å². The molecule has 1 saturated carbocycles. The van der Waals surface area contributed by atoms with E-state index in [9.17, 15) is 4.39 Å². The van der Waals surface area contributed by atoms with Gasteiger partial charge in [0.2, 0.25) is 0 Å². The number of piperidine rings is 1. The molecule has 4 aromatic rings. The fourth-order valence-electron chi connectivity index (χ4n) is 4.52. The number of nitrogens with zero attached hydrogens (tertiary/aromatic N) is 5. The molecule has 0 spiro atoms. The van der Waals surface area contributed by atoms with Gasteiger partial charge in [-0.15, -0.1) is 0 Å². The first-order chi connectivity index (χ1) is 14.2. The van der Waals surface area contributed by atoms with Gasteiger partial charge in [-0.05, 0) is 51.9 Å². The maximum atomic E-state index is 14.9. The second-order valence-corrected chi connectivity index (χ2v) is 8.50. The van der Waals surface area contributed by atoms with Crippen LogP contribution in [0.25, 0.3) is 27.8 Å². The summed E-state index contributed by atoms with van der Waals surface area (Å²) in [7, 11) is 2.15. The quantitative estimate of drug-likeness (QED) is 0.572. The normalized spacial score (nSPS) is 18.8. The highest BCUT2D eigenvalue weighted by atomic mass is 19.1. The number of H-pyrrole nitrogens is 1. The molecule has 1 saturated heterocycles. The van der Waals surface area contributed by atoms with Gasteiger partial charge in [-0.2, -0.15) is 0 Å². The first kappa shape index (κ1) is 17.1. The highest BCUT2D eigenvalue weighted by Crippen LogP contribution is 2.39. The van der Waals surface area contributed by atoms with E-state index in [1.54, 1.807) is 6.07 Å². The van der Waals surface area contributed by atoms with Crippen LogP contribution in [-0.4, -0.2) is 49.4 Å². The van der Waals surface area contributed by atoms with E-state index in [0.717, 1.165) is 59.6 Å². The lowest BCUT2D eigenvalue weighted by molar-refractivity contribution is 0.253. The Bertz CT molecular complexity index is 1210. The maximum absolute atomic E-state index is 14.9. The molecular weight excluding hydrogens is 367 g/mol. The number of aromatic nitrogens is 5.